The number of benzene rings is 1. The molecule has 0 radical (unpaired) electrons. The van der Waals surface area contributed by atoms with E-state index in [2.05, 4.69) is 0 Å². The van der Waals surface area contributed by atoms with Crippen molar-refractivity contribution in [1.29, 1.82) is 0 Å². The largest absolute Gasteiger partial charge is 0.508 e. The molecule has 0 saturated carbocycles. The van der Waals surface area contributed by atoms with Crippen molar-refractivity contribution >= 4 is 23.9 Å². The van der Waals surface area contributed by atoms with Gasteiger partial charge in [-0.1, -0.05) is 32.9 Å². The zero-order valence-electron chi connectivity index (χ0n) is 22.6. The maximum absolute atomic E-state index is 14.1. The second-order valence-corrected chi connectivity index (χ2v) is 9.43. The highest BCUT2D eigenvalue weighted by Gasteiger charge is 2.51. The smallest absolute Gasteiger partial charge is 0.331 e. The molecule has 1 saturated heterocycles. The summed E-state index contributed by atoms with van der Waals surface area (Å²) in [5, 5.41) is 9.48. The molecule has 0 spiro atoms. The van der Waals surface area contributed by atoms with Crippen molar-refractivity contribution in [3.05, 3.63) is 29.8 Å². The number of nitrogens with two attached hydrogens (primary N) is 1. The SMILES string of the molecule is CCCC(=O)O[C@@H]1[C@@H](OC(=O)CCC)[C@H](OC(=O)[C@](N)(CF)Cc2ccc(O)cc2)OC[C@H]1OC(=O)CCC. The lowest BCUT2D eigenvalue weighted by Gasteiger charge is -2.41. The minimum atomic E-state index is -2.14. The molecule has 5 atom stereocenters. The van der Waals surface area contributed by atoms with Gasteiger partial charge in [0.2, 0.25) is 12.4 Å². The minimum Gasteiger partial charge on any atom is -0.508 e. The summed E-state index contributed by atoms with van der Waals surface area (Å²) in [6.07, 6.45) is -4.40. The van der Waals surface area contributed by atoms with E-state index in [0.29, 0.717) is 24.8 Å². The fourth-order valence-electron chi connectivity index (χ4n) is 3.85. The van der Waals surface area contributed by atoms with Gasteiger partial charge in [-0.15, -0.1) is 0 Å². The number of carbonyl (C=O) groups excluding carboxylic acids is 4. The van der Waals surface area contributed by atoms with Crippen LogP contribution in [0.4, 0.5) is 4.39 Å². The Morgan fingerprint density at radius 3 is 1.92 bits per heavy atom. The Balaban J connectivity index is 2.34. The van der Waals surface area contributed by atoms with Crippen LogP contribution in [0.25, 0.3) is 0 Å². The number of aromatic hydroxyl groups is 1. The summed E-state index contributed by atoms with van der Waals surface area (Å²) >= 11 is 0. The topological polar surface area (TPSA) is 161 Å². The van der Waals surface area contributed by atoms with Gasteiger partial charge in [0.1, 0.15) is 18.0 Å². The highest BCUT2D eigenvalue weighted by molar-refractivity contribution is 5.81. The van der Waals surface area contributed by atoms with Gasteiger partial charge < -0.3 is 34.5 Å². The third-order valence-electron chi connectivity index (χ3n) is 5.89. The molecule has 1 fully saturated rings. The van der Waals surface area contributed by atoms with Gasteiger partial charge in [-0.25, -0.2) is 9.18 Å². The van der Waals surface area contributed by atoms with Crippen molar-refractivity contribution in [3.63, 3.8) is 0 Å². The summed E-state index contributed by atoms with van der Waals surface area (Å²) in [6.45, 7) is 3.64. The molecular formula is C27H38FNO10. The van der Waals surface area contributed by atoms with E-state index in [9.17, 15) is 28.7 Å². The molecule has 0 amide bonds. The van der Waals surface area contributed by atoms with Gasteiger partial charge in [0.05, 0.1) is 6.61 Å². The number of halogens is 1. The summed E-state index contributed by atoms with van der Waals surface area (Å²) in [5.41, 5.74) is 4.39. The Kier molecular flexibility index (Phi) is 12.6. The third-order valence-corrected chi connectivity index (χ3v) is 5.89. The lowest BCUT2D eigenvalue weighted by atomic mass is 9.93. The number of carbonyl (C=O) groups is 4. The molecular weight excluding hydrogens is 517 g/mol. The first-order chi connectivity index (χ1) is 18.6. The minimum absolute atomic E-state index is 0.000753. The first kappa shape index (κ1) is 32.0. The molecule has 218 valence electrons. The molecule has 1 aromatic carbocycles. The maximum Gasteiger partial charge on any atom is 0.331 e. The Morgan fingerprint density at radius 2 is 1.41 bits per heavy atom. The molecule has 0 aliphatic carbocycles. The van der Waals surface area contributed by atoms with Crippen LogP contribution < -0.4 is 5.73 Å². The first-order valence-electron chi connectivity index (χ1n) is 13.1. The molecule has 0 unspecified atom stereocenters. The molecule has 1 aliphatic heterocycles. The average molecular weight is 556 g/mol. The van der Waals surface area contributed by atoms with Gasteiger partial charge in [0, 0.05) is 25.7 Å². The maximum atomic E-state index is 14.1. The van der Waals surface area contributed by atoms with Gasteiger partial charge >= 0.3 is 23.9 Å². The molecule has 0 aromatic heterocycles. The molecule has 1 heterocycles. The van der Waals surface area contributed by atoms with E-state index >= 15 is 0 Å². The number of rotatable bonds is 14. The fraction of sp³-hybridized carbons (Fsp3) is 0.630. The van der Waals surface area contributed by atoms with Crippen LogP contribution in [0.3, 0.4) is 0 Å². The van der Waals surface area contributed by atoms with Crippen molar-refractivity contribution in [1.82, 2.24) is 0 Å². The second kappa shape index (κ2) is 15.4. The number of hydrogen-bond donors (Lipinski definition) is 2. The van der Waals surface area contributed by atoms with Crippen LogP contribution in [0.1, 0.15) is 64.9 Å². The van der Waals surface area contributed by atoms with Crippen LogP contribution >= 0.6 is 0 Å². The van der Waals surface area contributed by atoms with Gasteiger partial charge in [-0.3, -0.25) is 14.4 Å². The van der Waals surface area contributed by atoms with Crippen molar-refractivity contribution < 1.29 is 52.4 Å². The zero-order chi connectivity index (χ0) is 29.0. The second-order valence-electron chi connectivity index (χ2n) is 9.43. The van der Waals surface area contributed by atoms with Crippen LogP contribution in [0, 0.1) is 0 Å². The van der Waals surface area contributed by atoms with Crippen LogP contribution in [-0.2, 0) is 49.3 Å². The van der Waals surface area contributed by atoms with Crippen molar-refractivity contribution in [2.45, 2.75) is 95.9 Å². The molecule has 3 N–H and O–H groups in total. The summed E-state index contributed by atoms with van der Waals surface area (Å²) in [5.74, 6) is -3.14. The summed E-state index contributed by atoms with van der Waals surface area (Å²) < 4.78 is 41.6. The highest BCUT2D eigenvalue weighted by Crippen LogP contribution is 2.28. The summed E-state index contributed by atoms with van der Waals surface area (Å²) in [6, 6.07) is 5.68. The normalized spacial score (nSPS) is 22.3. The molecule has 0 bridgehead atoms. The number of ether oxygens (including phenoxy) is 5. The number of hydrogen-bond acceptors (Lipinski definition) is 11. The predicted molar refractivity (Wildman–Crippen MR) is 135 cm³/mol. The lowest BCUT2D eigenvalue weighted by Crippen LogP contribution is -2.61. The van der Waals surface area contributed by atoms with Crippen molar-refractivity contribution in [2.24, 2.45) is 5.73 Å². The molecule has 12 heteroatoms. The molecule has 2 rings (SSSR count). The monoisotopic (exact) mass is 555 g/mol. The van der Waals surface area contributed by atoms with Crippen LogP contribution in [0.2, 0.25) is 0 Å². The first-order valence-corrected chi connectivity index (χ1v) is 13.1. The molecule has 11 nitrogen and oxygen atoms in total. The average Bonchev–Trinajstić information content (AvgIpc) is 2.89. The van der Waals surface area contributed by atoms with E-state index in [0.717, 1.165) is 0 Å². The van der Waals surface area contributed by atoms with Crippen molar-refractivity contribution in [3.8, 4) is 5.75 Å². The zero-order valence-corrected chi connectivity index (χ0v) is 22.6. The predicted octanol–water partition coefficient (Wildman–Crippen LogP) is 2.64. The Bertz CT molecular complexity index is 972. The molecule has 39 heavy (non-hydrogen) atoms. The van der Waals surface area contributed by atoms with E-state index in [-0.39, 0.29) is 38.0 Å². The number of phenols is 1. The van der Waals surface area contributed by atoms with Gasteiger partial charge in [0.15, 0.2) is 12.2 Å². The Morgan fingerprint density at radius 1 is 0.897 bits per heavy atom. The van der Waals surface area contributed by atoms with Crippen LogP contribution in [0.5, 0.6) is 5.75 Å². The highest BCUT2D eigenvalue weighted by atomic mass is 19.1. The Hall–Kier alpha value is -3.25. The van der Waals surface area contributed by atoms with Gasteiger partial charge in [-0.05, 0) is 37.0 Å². The quantitative estimate of drug-likeness (QED) is 0.256. The van der Waals surface area contributed by atoms with Crippen LogP contribution in [-0.4, -0.2) is 72.4 Å². The van der Waals surface area contributed by atoms with E-state index in [1.807, 2.05) is 0 Å². The standard InChI is InChI=1S/C27H38FNO10/c1-4-7-20(31)36-19-15-35-25(24(38-22(33)9-6-3)23(19)37-21(32)8-5-2)39-26(34)27(29,16-28)14-17-10-12-18(30)13-11-17/h10-13,19,23-25,30H,4-9,14-16,29H2,1-3H3/t19-,23+,24-,25+,27-/m1/s1. The summed E-state index contributed by atoms with van der Waals surface area (Å²) in [7, 11) is 0. The van der Waals surface area contributed by atoms with E-state index < -0.39 is 60.7 Å². The summed E-state index contributed by atoms with van der Waals surface area (Å²) in [4.78, 5) is 50.3. The number of phenolic OH excluding ortho intramolecular Hbond substituents is 1. The van der Waals surface area contributed by atoms with E-state index in [4.69, 9.17) is 29.4 Å². The third kappa shape index (κ3) is 9.47. The molecule has 1 aromatic rings. The lowest BCUT2D eigenvalue weighted by molar-refractivity contribution is -0.277. The fourth-order valence-corrected chi connectivity index (χ4v) is 3.85. The van der Waals surface area contributed by atoms with Gasteiger partial charge in [0.25, 0.3) is 0 Å². The van der Waals surface area contributed by atoms with Crippen molar-refractivity contribution in [2.75, 3.05) is 13.3 Å². The Labute approximate surface area is 227 Å². The molecule has 1 aliphatic rings. The number of esters is 4. The van der Waals surface area contributed by atoms with Crippen LogP contribution in [0.15, 0.2) is 24.3 Å². The van der Waals surface area contributed by atoms with E-state index in [1.54, 1.807) is 20.8 Å². The van der Waals surface area contributed by atoms with Gasteiger partial charge in [-0.2, -0.15) is 0 Å². The van der Waals surface area contributed by atoms with E-state index in [1.165, 1.54) is 24.3 Å². The number of alkyl halides is 1.